The smallest absolute Gasteiger partial charge is 0.442 e. The Bertz CT molecular complexity index is 718. The summed E-state index contributed by atoms with van der Waals surface area (Å²) in [5.41, 5.74) is -2.38. The molecule has 0 rings (SSSR count). The molecule has 0 aromatic rings. The van der Waals surface area contributed by atoms with E-state index in [9.17, 15) is 26.4 Å². The molecule has 10 nitrogen and oxygen atoms in total. The van der Waals surface area contributed by atoms with E-state index in [0.29, 0.717) is 0 Å². The Morgan fingerprint density at radius 1 is 0.731 bits per heavy atom. The van der Waals surface area contributed by atoms with Crippen molar-refractivity contribution in [3.8, 4) is 0 Å². The van der Waals surface area contributed by atoms with Gasteiger partial charge < -0.3 is 9.47 Å². The first-order valence-corrected chi connectivity index (χ1v) is 10.2. The van der Waals surface area contributed by atoms with Crippen molar-refractivity contribution in [1.29, 1.82) is 0 Å². The average Bonchev–Trinajstić information content (AvgIpc) is 2.39. The highest BCUT2D eigenvalue weighted by Gasteiger charge is 2.45. The second kappa shape index (κ2) is 7.66. The van der Waals surface area contributed by atoms with Crippen molar-refractivity contribution in [3.63, 3.8) is 0 Å². The van der Waals surface area contributed by atoms with E-state index in [1.165, 1.54) is 41.5 Å². The molecule has 0 unspecified atom stereocenters. The molecule has 0 aliphatic heterocycles. The van der Waals surface area contributed by atoms with Crippen LogP contribution in [0.4, 0.5) is 9.59 Å². The van der Waals surface area contributed by atoms with Crippen molar-refractivity contribution in [3.05, 3.63) is 24.0 Å². The van der Waals surface area contributed by atoms with Crippen molar-refractivity contribution < 1.29 is 35.9 Å². The molecule has 0 fully saturated rings. The van der Waals surface area contributed by atoms with Gasteiger partial charge in [0, 0.05) is 10.8 Å². The van der Waals surface area contributed by atoms with Crippen LogP contribution in [0.5, 0.6) is 0 Å². The fourth-order valence-electron chi connectivity index (χ4n) is 1.31. The molecule has 0 saturated heterocycles. The molecule has 0 spiro atoms. The first-order valence-electron chi connectivity index (χ1n) is 7.19. The number of hydrogen-bond acceptors (Lipinski definition) is 8. The summed E-state index contributed by atoms with van der Waals surface area (Å²) in [6.45, 7) is 14.6. The van der Waals surface area contributed by atoms with Crippen molar-refractivity contribution in [2.75, 3.05) is 0 Å². The molecule has 2 amide bonds. The molecule has 0 aromatic carbocycles. The van der Waals surface area contributed by atoms with Crippen LogP contribution >= 0.6 is 0 Å². The van der Waals surface area contributed by atoms with Gasteiger partial charge in [-0.1, -0.05) is 22.0 Å². The summed E-state index contributed by atoms with van der Waals surface area (Å²) in [6.07, 6.45) is -3.29. The van der Waals surface area contributed by atoms with Crippen molar-refractivity contribution in [2.24, 2.45) is 0 Å². The lowest BCUT2D eigenvalue weighted by Gasteiger charge is -2.33. The Labute approximate surface area is 154 Å². The first kappa shape index (κ1) is 23.9. The molecular formula is C14H24N2O8S2. The van der Waals surface area contributed by atoms with E-state index in [0.717, 1.165) is 0 Å². The highest BCUT2D eigenvalue weighted by Crippen LogP contribution is 2.22. The summed E-state index contributed by atoms with van der Waals surface area (Å²) in [7, 11) is -9.61. The number of amides is 2. The second-order valence-electron chi connectivity index (χ2n) is 6.87. The zero-order chi connectivity index (χ0) is 21.1. The van der Waals surface area contributed by atoms with Gasteiger partial charge in [-0.3, -0.25) is 0 Å². The van der Waals surface area contributed by atoms with Gasteiger partial charge in [-0.25, -0.2) is 9.59 Å². The number of nitrogens with zero attached hydrogens (tertiary/aromatic N) is 2. The summed E-state index contributed by atoms with van der Waals surface area (Å²) in [6, 6.07) is 0. The molecule has 0 aliphatic carbocycles. The van der Waals surface area contributed by atoms with Crippen LogP contribution in [0, 0.1) is 0 Å². The maximum Gasteiger partial charge on any atom is 0.445 e. The van der Waals surface area contributed by atoms with Gasteiger partial charge >= 0.3 is 12.2 Å². The van der Waals surface area contributed by atoms with Crippen LogP contribution in [-0.2, 0) is 29.5 Å². The Kier molecular flexibility index (Phi) is 7.05. The molecule has 0 heterocycles. The standard InChI is InChI=1S/C14H24N2O8S2/c1-9-25(19,20)15(11(17)23-13(3,4)5)16(26(21,22)10-2)12(18)24-14(6,7)8/h9-10H,1-2H2,3-8H3. The van der Waals surface area contributed by atoms with E-state index in [1.54, 1.807) is 0 Å². The zero-order valence-corrected chi connectivity index (χ0v) is 17.2. The lowest BCUT2D eigenvalue weighted by Crippen LogP contribution is -2.56. The van der Waals surface area contributed by atoms with E-state index in [-0.39, 0.29) is 19.6 Å². The maximum atomic E-state index is 12.4. The molecular weight excluding hydrogens is 388 g/mol. The van der Waals surface area contributed by atoms with Gasteiger partial charge in [-0.2, -0.15) is 16.8 Å². The predicted molar refractivity (Wildman–Crippen MR) is 94.4 cm³/mol. The lowest BCUT2D eigenvalue weighted by molar-refractivity contribution is -0.00532. The quantitative estimate of drug-likeness (QED) is 0.644. The number of carbonyl (C=O) groups excluding carboxylic acids is 2. The zero-order valence-electron chi connectivity index (χ0n) is 15.5. The van der Waals surface area contributed by atoms with Gasteiger partial charge in [-0.15, -0.1) is 0 Å². The van der Waals surface area contributed by atoms with Gasteiger partial charge in [0.1, 0.15) is 11.2 Å². The van der Waals surface area contributed by atoms with Crippen molar-refractivity contribution >= 4 is 32.2 Å². The molecule has 12 heteroatoms. The molecule has 0 aliphatic rings. The third kappa shape index (κ3) is 6.67. The SMILES string of the molecule is C=CS(=O)(=O)N(C(=O)OC(C)(C)C)N(C(=O)OC(C)(C)C)S(=O)(=O)C=C. The monoisotopic (exact) mass is 412 g/mol. The summed E-state index contributed by atoms with van der Waals surface area (Å²) in [5.74, 6) is 0. The first-order chi connectivity index (χ1) is 11.4. The Morgan fingerprint density at radius 2 is 0.962 bits per heavy atom. The van der Waals surface area contributed by atoms with E-state index >= 15 is 0 Å². The minimum Gasteiger partial charge on any atom is -0.442 e. The van der Waals surface area contributed by atoms with Gasteiger partial charge in [0.15, 0.2) is 0 Å². The van der Waals surface area contributed by atoms with Gasteiger partial charge in [0.05, 0.1) is 0 Å². The van der Waals surface area contributed by atoms with Gasteiger partial charge in [0.25, 0.3) is 20.0 Å². The molecule has 0 N–H and O–H groups in total. The maximum absolute atomic E-state index is 12.4. The Balaban J connectivity index is 6.55. The Hall–Kier alpha value is -2.08. The third-order valence-electron chi connectivity index (χ3n) is 2.17. The molecule has 0 radical (unpaired) electrons. The molecule has 0 saturated carbocycles. The van der Waals surface area contributed by atoms with E-state index in [4.69, 9.17) is 9.47 Å². The molecule has 26 heavy (non-hydrogen) atoms. The largest absolute Gasteiger partial charge is 0.445 e. The molecule has 0 aromatic heterocycles. The molecule has 150 valence electrons. The molecule has 0 atom stereocenters. The lowest BCUT2D eigenvalue weighted by atomic mass is 10.2. The summed E-state index contributed by atoms with van der Waals surface area (Å²) >= 11 is 0. The fourth-order valence-corrected chi connectivity index (χ4v) is 3.18. The van der Waals surface area contributed by atoms with E-state index < -0.39 is 43.4 Å². The summed E-state index contributed by atoms with van der Waals surface area (Å²) in [4.78, 5) is 24.7. The summed E-state index contributed by atoms with van der Waals surface area (Å²) < 4.78 is 58.1. The Morgan fingerprint density at radius 3 is 1.12 bits per heavy atom. The minimum absolute atomic E-state index is 0.285. The van der Waals surface area contributed by atoms with E-state index in [1.807, 2.05) is 0 Å². The number of rotatable bonds is 4. The number of carbonyl (C=O) groups is 2. The number of sulfonamides is 2. The van der Waals surface area contributed by atoms with Crippen molar-refractivity contribution in [1.82, 2.24) is 8.83 Å². The van der Waals surface area contributed by atoms with Crippen LogP contribution in [0.2, 0.25) is 0 Å². The van der Waals surface area contributed by atoms with Crippen LogP contribution in [0.15, 0.2) is 24.0 Å². The minimum atomic E-state index is -4.80. The number of hydrazine groups is 1. The number of hydrogen-bond donors (Lipinski definition) is 0. The molecule has 0 bridgehead atoms. The summed E-state index contributed by atoms with van der Waals surface area (Å²) in [5, 5.41) is 0.569. The average molecular weight is 412 g/mol. The highest BCUT2D eigenvalue weighted by molar-refractivity contribution is 7.95. The normalized spacial score (nSPS) is 12.7. The van der Waals surface area contributed by atoms with Gasteiger partial charge in [-0.05, 0) is 41.5 Å². The number of ether oxygens (including phenoxy) is 2. The second-order valence-corrected chi connectivity index (χ2v) is 10.3. The fraction of sp³-hybridized carbons (Fsp3) is 0.571. The van der Waals surface area contributed by atoms with Crippen molar-refractivity contribution in [2.45, 2.75) is 52.7 Å². The van der Waals surface area contributed by atoms with Crippen LogP contribution in [0.3, 0.4) is 0 Å². The third-order valence-corrected chi connectivity index (χ3v) is 4.70. The highest BCUT2D eigenvalue weighted by atomic mass is 32.2. The van der Waals surface area contributed by atoms with E-state index in [2.05, 4.69) is 13.2 Å². The van der Waals surface area contributed by atoms with Crippen LogP contribution in [0.1, 0.15) is 41.5 Å². The predicted octanol–water partition coefficient (Wildman–Crippen LogP) is 2.32. The van der Waals surface area contributed by atoms with Gasteiger partial charge in [0.2, 0.25) is 0 Å². The van der Waals surface area contributed by atoms with Crippen LogP contribution in [-0.4, -0.2) is 49.1 Å². The van der Waals surface area contributed by atoms with Crippen LogP contribution in [0.25, 0.3) is 0 Å². The van der Waals surface area contributed by atoms with Crippen LogP contribution < -0.4 is 0 Å². The topological polar surface area (TPSA) is 127 Å².